The largest absolute Gasteiger partial charge is 0.497 e. The van der Waals surface area contributed by atoms with Gasteiger partial charge in [-0.25, -0.2) is 0 Å². The quantitative estimate of drug-likeness (QED) is 0.797. The molecule has 1 unspecified atom stereocenters. The molecule has 2 aromatic rings. The molecule has 0 bridgehead atoms. The molecule has 0 fully saturated rings. The Morgan fingerprint density at radius 1 is 1.35 bits per heavy atom. The van der Waals surface area contributed by atoms with Crippen LogP contribution in [0.2, 0.25) is 5.02 Å². The van der Waals surface area contributed by atoms with E-state index < -0.39 is 0 Å². The van der Waals surface area contributed by atoms with Crippen LogP contribution in [-0.2, 0) is 22.6 Å². The summed E-state index contributed by atoms with van der Waals surface area (Å²) in [4.78, 5) is 16.5. The SMILES string of the molecule is COc1ccc2c(c1)CCCC2C(=O)OCc1cncc(Cl)c1. The Labute approximate surface area is 140 Å². The minimum absolute atomic E-state index is 0.189. The Morgan fingerprint density at radius 2 is 2.22 bits per heavy atom. The first kappa shape index (κ1) is 15.8. The molecule has 1 aliphatic rings. The van der Waals surface area contributed by atoms with Crippen LogP contribution in [0.25, 0.3) is 0 Å². The summed E-state index contributed by atoms with van der Waals surface area (Å²) in [7, 11) is 1.65. The number of carbonyl (C=O) groups is 1. The zero-order chi connectivity index (χ0) is 16.2. The van der Waals surface area contributed by atoms with Crippen LogP contribution in [0, 0.1) is 0 Å². The minimum atomic E-state index is -0.211. The molecule has 0 aliphatic heterocycles. The van der Waals surface area contributed by atoms with Crippen LogP contribution in [-0.4, -0.2) is 18.1 Å². The topological polar surface area (TPSA) is 48.4 Å². The summed E-state index contributed by atoms with van der Waals surface area (Å²) in [6.07, 6.45) is 5.95. The van der Waals surface area contributed by atoms with Gasteiger partial charge in [0.05, 0.1) is 18.1 Å². The third kappa shape index (κ3) is 3.64. The second kappa shape index (κ2) is 7.01. The van der Waals surface area contributed by atoms with Crippen molar-refractivity contribution in [2.24, 2.45) is 0 Å². The number of esters is 1. The van der Waals surface area contributed by atoms with Gasteiger partial charge in [0.1, 0.15) is 12.4 Å². The lowest BCUT2D eigenvalue weighted by Crippen LogP contribution is -2.20. The number of pyridine rings is 1. The maximum Gasteiger partial charge on any atom is 0.313 e. The number of methoxy groups -OCH3 is 1. The molecule has 4 nitrogen and oxygen atoms in total. The molecule has 23 heavy (non-hydrogen) atoms. The summed E-state index contributed by atoms with van der Waals surface area (Å²) in [5.74, 6) is 0.413. The van der Waals surface area contributed by atoms with Gasteiger partial charge in [0.2, 0.25) is 0 Å². The van der Waals surface area contributed by atoms with E-state index in [0.29, 0.717) is 5.02 Å². The van der Waals surface area contributed by atoms with Crippen molar-refractivity contribution in [3.63, 3.8) is 0 Å². The first-order valence-corrected chi connectivity index (χ1v) is 7.98. The highest BCUT2D eigenvalue weighted by atomic mass is 35.5. The van der Waals surface area contributed by atoms with Crippen molar-refractivity contribution in [3.8, 4) is 5.75 Å². The molecule has 5 heteroatoms. The first-order chi connectivity index (χ1) is 11.2. The van der Waals surface area contributed by atoms with Crippen LogP contribution in [0.15, 0.2) is 36.7 Å². The molecule has 120 valence electrons. The van der Waals surface area contributed by atoms with Gasteiger partial charge in [-0.1, -0.05) is 17.7 Å². The molecule has 0 radical (unpaired) electrons. The summed E-state index contributed by atoms with van der Waals surface area (Å²) in [5, 5.41) is 0.536. The fourth-order valence-corrected chi connectivity index (χ4v) is 3.15. The van der Waals surface area contributed by atoms with Crippen LogP contribution in [0.5, 0.6) is 5.75 Å². The average Bonchev–Trinajstić information content (AvgIpc) is 2.58. The lowest BCUT2D eigenvalue weighted by molar-refractivity contribution is -0.147. The number of aryl methyl sites for hydroxylation is 1. The van der Waals surface area contributed by atoms with Crippen molar-refractivity contribution in [1.29, 1.82) is 0 Å². The van der Waals surface area contributed by atoms with Crippen LogP contribution >= 0.6 is 11.6 Å². The number of nitrogens with zero attached hydrogens (tertiary/aromatic N) is 1. The Kier molecular flexibility index (Phi) is 4.82. The van der Waals surface area contributed by atoms with Crippen LogP contribution in [0.4, 0.5) is 0 Å². The molecule has 3 rings (SSSR count). The third-order valence-electron chi connectivity index (χ3n) is 4.09. The fraction of sp³-hybridized carbons (Fsp3) is 0.333. The zero-order valence-electron chi connectivity index (χ0n) is 12.9. The monoisotopic (exact) mass is 331 g/mol. The smallest absolute Gasteiger partial charge is 0.313 e. The van der Waals surface area contributed by atoms with Gasteiger partial charge in [0.25, 0.3) is 0 Å². The molecule has 1 heterocycles. The first-order valence-electron chi connectivity index (χ1n) is 7.60. The number of hydrogen-bond donors (Lipinski definition) is 0. The van der Waals surface area contributed by atoms with E-state index in [1.54, 1.807) is 25.6 Å². The number of carbonyl (C=O) groups excluding carboxylic acids is 1. The number of halogens is 1. The van der Waals surface area contributed by atoms with E-state index in [4.69, 9.17) is 21.1 Å². The second-order valence-electron chi connectivity index (χ2n) is 5.63. The maximum atomic E-state index is 12.5. The molecule has 1 atom stereocenters. The predicted molar refractivity (Wildman–Crippen MR) is 87.7 cm³/mol. The number of hydrogen-bond acceptors (Lipinski definition) is 4. The molecule has 0 saturated heterocycles. The van der Waals surface area contributed by atoms with E-state index in [1.165, 1.54) is 5.56 Å². The highest BCUT2D eigenvalue weighted by Gasteiger charge is 2.28. The van der Waals surface area contributed by atoms with Crippen molar-refractivity contribution in [3.05, 3.63) is 58.4 Å². The van der Waals surface area contributed by atoms with Crippen molar-refractivity contribution >= 4 is 17.6 Å². The van der Waals surface area contributed by atoms with Gasteiger partial charge in [0, 0.05) is 18.0 Å². The normalized spacial score (nSPS) is 16.5. The number of benzene rings is 1. The fourth-order valence-electron chi connectivity index (χ4n) is 2.95. The number of fused-ring (bicyclic) bond motifs is 1. The van der Waals surface area contributed by atoms with Crippen LogP contribution in [0.3, 0.4) is 0 Å². The summed E-state index contributed by atoms with van der Waals surface area (Å²) in [6, 6.07) is 7.63. The predicted octanol–water partition coefficient (Wildman–Crippen LogP) is 3.91. The van der Waals surface area contributed by atoms with E-state index in [0.717, 1.165) is 36.1 Å². The van der Waals surface area contributed by atoms with Gasteiger partial charge in [0.15, 0.2) is 0 Å². The number of ether oxygens (including phenoxy) is 2. The number of aromatic nitrogens is 1. The summed E-state index contributed by atoms with van der Waals surface area (Å²) < 4.78 is 10.7. The van der Waals surface area contributed by atoms with Gasteiger partial charge in [-0.2, -0.15) is 0 Å². The van der Waals surface area contributed by atoms with Crippen LogP contribution in [0.1, 0.15) is 35.4 Å². The highest BCUT2D eigenvalue weighted by Crippen LogP contribution is 2.34. The molecular formula is C18H18ClNO3. The Bertz CT molecular complexity index is 717. The Hall–Kier alpha value is -2.07. The van der Waals surface area contributed by atoms with Crippen LogP contribution < -0.4 is 4.74 Å². The standard InChI is InChI=1S/C18H18ClNO3/c1-22-15-5-6-16-13(8-15)3-2-4-17(16)18(21)23-11-12-7-14(19)10-20-9-12/h5-10,17H,2-4,11H2,1H3. The van der Waals surface area contributed by atoms with Gasteiger partial charge >= 0.3 is 5.97 Å². The van der Waals surface area contributed by atoms with Crippen molar-refractivity contribution in [1.82, 2.24) is 4.98 Å². The maximum absolute atomic E-state index is 12.5. The van der Waals surface area contributed by atoms with E-state index in [2.05, 4.69) is 4.98 Å². The van der Waals surface area contributed by atoms with E-state index >= 15 is 0 Å². The second-order valence-corrected chi connectivity index (χ2v) is 6.07. The lowest BCUT2D eigenvalue weighted by atomic mass is 9.83. The highest BCUT2D eigenvalue weighted by molar-refractivity contribution is 6.30. The van der Waals surface area contributed by atoms with Gasteiger partial charge in [-0.3, -0.25) is 9.78 Å². The minimum Gasteiger partial charge on any atom is -0.497 e. The van der Waals surface area contributed by atoms with Gasteiger partial charge in [-0.05, 0) is 48.6 Å². The Morgan fingerprint density at radius 3 is 3.00 bits per heavy atom. The van der Waals surface area contributed by atoms with Crippen molar-refractivity contribution < 1.29 is 14.3 Å². The van der Waals surface area contributed by atoms with Crippen molar-refractivity contribution in [2.45, 2.75) is 31.8 Å². The molecule has 1 aliphatic carbocycles. The number of rotatable bonds is 4. The molecular weight excluding hydrogens is 314 g/mol. The van der Waals surface area contributed by atoms with E-state index in [9.17, 15) is 4.79 Å². The Balaban J connectivity index is 1.71. The molecule has 1 aromatic heterocycles. The average molecular weight is 332 g/mol. The molecule has 0 amide bonds. The molecule has 0 saturated carbocycles. The summed E-state index contributed by atoms with van der Waals surface area (Å²) >= 11 is 5.89. The third-order valence-corrected chi connectivity index (χ3v) is 4.30. The van der Waals surface area contributed by atoms with Gasteiger partial charge in [-0.15, -0.1) is 0 Å². The van der Waals surface area contributed by atoms with Gasteiger partial charge < -0.3 is 9.47 Å². The summed E-state index contributed by atoms with van der Waals surface area (Å²) in [6.45, 7) is 0.189. The van der Waals surface area contributed by atoms with E-state index in [-0.39, 0.29) is 18.5 Å². The van der Waals surface area contributed by atoms with Crippen molar-refractivity contribution in [2.75, 3.05) is 7.11 Å². The zero-order valence-corrected chi connectivity index (χ0v) is 13.7. The van der Waals surface area contributed by atoms with E-state index in [1.807, 2.05) is 18.2 Å². The molecule has 0 N–H and O–H groups in total. The summed E-state index contributed by atoms with van der Waals surface area (Å²) in [5.41, 5.74) is 3.00. The molecule has 1 aromatic carbocycles. The lowest BCUT2D eigenvalue weighted by Gasteiger charge is -2.24. The molecule has 0 spiro atoms.